The van der Waals surface area contributed by atoms with Crippen LogP contribution >= 0.6 is 11.3 Å². The highest BCUT2D eigenvalue weighted by Crippen LogP contribution is 2.30. The molecule has 2 aromatic rings. The van der Waals surface area contributed by atoms with E-state index >= 15 is 0 Å². The Labute approximate surface area is 128 Å². The highest BCUT2D eigenvalue weighted by atomic mass is 32.1. The van der Waals surface area contributed by atoms with Crippen molar-refractivity contribution < 1.29 is 9.53 Å². The minimum absolute atomic E-state index is 0.0340. The van der Waals surface area contributed by atoms with Crippen LogP contribution in [0.15, 0.2) is 18.2 Å². The number of aryl methyl sites for hydroxylation is 3. The molecule has 0 unspecified atom stereocenters. The number of nitrogens with one attached hydrogen (secondary N) is 1. The van der Waals surface area contributed by atoms with Gasteiger partial charge in [0, 0.05) is 4.88 Å². The van der Waals surface area contributed by atoms with Crippen molar-refractivity contribution in [3.05, 3.63) is 39.9 Å². The second-order valence-electron chi connectivity index (χ2n) is 5.27. The molecule has 5 heteroatoms. The van der Waals surface area contributed by atoms with Crippen LogP contribution in [0.2, 0.25) is 0 Å². The van der Waals surface area contributed by atoms with Gasteiger partial charge in [-0.1, -0.05) is 12.1 Å². The van der Waals surface area contributed by atoms with Gasteiger partial charge in [0.1, 0.15) is 5.75 Å². The van der Waals surface area contributed by atoms with Gasteiger partial charge in [0.15, 0.2) is 5.13 Å². The Hall–Kier alpha value is -1.88. The average molecular weight is 302 g/mol. The number of fused-ring (bicyclic) bond motifs is 1. The molecule has 0 fully saturated rings. The zero-order valence-corrected chi connectivity index (χ0v) is 13.0. The third-order valence-electron chi connectivity index (χ3n) is 3.68. The predicted octanol–water partition coefficient (Wildman–Crippen LogP) is 3.13. The van der Waals surface area contributed by atoms with Gasteiger partial charge in [-0.05, 0) is 43.4 Å². The molecule has 4 nitrogen and oxygen atoms in total. The summed E-state index contributed by atoms with van der Waals surface area (Å²) >= 11 is 1.60. The minimum atomic E-state index is -0.0340. The number of ether oxygens (including phenoxy) is 1. The van der Waals surface area contributed by atoms with Gasteiger partial charge >= 0.3 is 0 Å². The van der Waals surface area contributed by atoms with Crippen LogP contribution in [0.5, 0.6) is 5.75 Å². The van der Waals surface area contributed by atoms with Gasteiger partial charge in [0.05, 0.1) is 19.2 Å². The highest BCUT2D eigenvalue weighted by molar-refractivity contribution is 7.15. The molecule has 1 aliphatic rings. The molecule has 0 saturated carbocycles. The number of carbonyl (C=O) groups excluding carboxylic acids is 1. The summed E-state index contributed by atoms with van der Waals surface area (Å²) in [5.74, 6) is 0.779. The van der Waals surface area contributed by atoms with E-state index in [9.17, 15) is 4.79 Å². The Morgan fingerprint density at radius 3 is 3.05 bits per heavy atom. The summed E-state index contributed by atoms with van der Waals surface area (Å²) in [6.45, 7) is 1.99. The zero-order chi connectivity index (χ0) is 14.8. The first-order valence-electron chi connectivity index (χ1n) is 7.07. The smallest absolute Gasteiger partial charge is 0.230 e. The van der Waals surface area contributed by atoms with Crippen molar-refractivity contribution in [2.75, 3.05) is 12.4 Å². The van der Waals surface area contributed by atoms with E-state index in [2.05, 4.69) is 10.3 Å². The second kappa shape index (κ2) is 5.85. The molecular formula is C16H18N2O2S. The van der Waals surface area contributed by atoms with Gasteiger partial charge in [-0.25, -0.2) is 4.98 Å². The number of nitrogens with zero attached hydrogens (tertiary/aromatic N) is 1. The topological polar surface area (TPSA) is 51.2 Å². The first kappa shape index (κ1) is 14.1. The molecule has 1 aromatic heterocycles. The number of anilines is 1. The molecule has 0 bridgehead atoms. The molecule has 0 spiro atoms. The number of rotatable bonds is 4. The van der Waals surface area contributed by atoms with Crippen LogP contribution in [0, 0.1) is 6.92 Å². The van der Waals surface area contributed by atoms with Crippen molar-refractivity contribution in [3.8, 4) is 5.75 Å². The van der Waals surface area contributed by atoms with Crippen molar-refractivity contribution in [2.24, 2.45) is 0 Å². The molecule has 0 aliphatic heterocycles. The van der Waals surface area contributed by atoms with Crippen molar-refractivity contribution in [1.29, 1.82) is 0 Å². The number of amides is 1. The maximum absolute atomic E-state index is 12.1. The average Bonchev–Trinajstić information content (AvgIpc) is 3.01. The zero-order valence-electron chi connectivity index (χ0n) is 12.2. The van der Waals surface area contributed by atoms with Crippen LogP contribution in [0.4, 0.5) is 5.13 Å². The van der Waals surface area contributed by atoms with E-state index in [1.54, 1.807) is 18.4 Å². The molecule has 0 atom stereocenters. The lowest BCUT2D eigenvalue weighted by atomic mass is 10.1. The molecule has 1 heterocycles. The number of carbonyl (C=O) groups is 1. The van der Waals surface area contributed by atoms with E-state index < -0.39 is 0 Å². The third-order valence-corrected chi connectivity index (χ3v) is 4.75. The first-order chi connectivity index (χ1) is 10.2. The van der Waals surface area contributed by atoms with E-state index in [-0.39, 0.29) is 5.91 Å². The van der Waals surface area contributed by atoms with Gasteiger partial charge in [-0.2, -0.15) is 0 Å². The fraction of sp³-hybridized carbons (Fsp3) is 0.375. The quantitative estimate of drug-likeness (QED) is 0.944. The van der Waals surface area contributed by atoms with E-state index in [1.807, 2.05) is 25.1 Å². The standard InChI is InChI=1S/C16H18N2O2S/c1-10-6-7-11(8-13(10)20-2)9-15(19)18-16-17-12-4-3-5-14(12)21-16/h6-8H,3-5,9H2,1-2H3,(H,17,18,19). The normalized spacial score (nSPS) is 13.0. The highest BCUT2D eigenvalue weighted by Gasteiger charge is 2.17. The lowest BCUT2D eigenvalue weighted by Gasteiger charge is -2.07. The number of benzene rings is 1. The van der Waals surface area contributed by atoms with Crippen molar-refractivity contribution in [3.63, 3.8) is 0 Å². The molecular weight excluding hydrogens is 284 g/mol. The van der Waals surface area contributed by atoms with Gasteiger partial charge in [0.25, 0.3) is 0 Å². The fourth-order valence-corrected chi connectivity index (χ4v) is 3.63. The van der Waals surface area contributed by atoms with Gasteiger partial charge < -0.3 is 10.1 Å². The number of hydrogen-bond acceptors (Lipinski definition) is 4. The molecule has 0 radical (unpaired) electrons. The molecule has 1 N–H and O–H groups in total. The summed E-state index contributed by atoms with van der Waals surface area (Å²) in [4.78, 5) is 17.9. The van der Waals surface area contributed by atoms with Crippen LogP contribution in [0.3, 0.4) is 0 Å². The third kappa shape index (κ3) is 3.08. The van der Waals surface area contributed by atoms with Crippen LogP contribution in [0.25, 0.3) is 0 Å². The Morgan fingerprint density at radius 2 is 2.29 bits per heavy atom. The summed E-state index contributed by atoms with van der Waals surface area (Å²) in [7, 11) is 1.64. The molecule has 0 saturated heterocycles. The molecule has 1 aromatic carbocycles. The van der Waals surface area contributed by atoms with E-state index in [0.29, 0.717) is 6.42 Å². The SMILES string of the molecule is COc1cc(CC(=O)Nc2nc3c(s2)CCC3)ccc1C. The van der Waals surface area contributed by atoms with Gasteiger partial charge in [-0.15, -0.1) is 11.3 Å². The molecule has 1 aliphatic carbocycles. The summed E-state index contributed by atoms with van der Waals surface area (Å²) in [5.41, 5.74) is 3.17. The van der Waals surface area contributed by atoms with E-state index in [1.165, 1.54) is 11.3 Å². The first-order valence-corrected chi connectivity index (χ1v) is 7.89. The molecule has 1 amide bonds. The molecule has 3 rings (SSSR count). The van der Waals surface area contributed by atoms with Crippen LogP contribution < -0.4 is 10.1 Å². The Morgan fingerprint density at radius 1 is 1.43 bits per heavy atom. The van der Waals surface area contributed by atoms with E-state index in [0.717, 1.165) is 40.5 Å². The van der Waals surface area contributed by atoms with Crippen molar-refractivity contribution in [2.45, 2.75) is 32.6 Å². The van der Waals surface area contributed by atoms with Crippen molar-refractivity contribution >= 4 is 22.4 Å². The molecule has 110 valence electrons. The summed E-state index contributed by atoms with van der Waals surface area (Å²) in [6.07, 6.45) is 3.65. The number of thiazole rings is 1. The maximum Gasteiger partial charge on any atom is 0.230 e. The van der Waals surface area contributed by atoms with Gasteiger partial charge in [-0.3, -0.25) is 4.79 Å². The Balaban J connectivity index is 1.65. The summed E-state index contributed by atoms with van der Waals surface area (Å²) in [6, 6.07) is 5.84. The lowest BCUT2D eigenvalue weighted by Crippen LogP contribution is -2.14. The minimum Gasteiger partial charge on any atom is -0.496 e. The maximum atomic E-state index is 12.1. The monoisotopic (exact) mass is 302 g/mol. The predicted molar refractivity (Wildman–Crippen MR) is 84.2 cm³/mol. The summed E-state index contributed by atoms with van der Waals surface area (Å²) < 4.78 is 5.28. The van der Waals surface area contributed by atoms with Crippen LogP contribution in [0.1, 0.15) is 28.1 Å². The Kier molecular flexibility index (Phi) is 3.92. The van der Waals surface area contributed by atoms with E-state index in [4.69, 9.17) is 4.74 Å². The van der Waals surface area contributed by atoms with Crippen molar-refractivity contribution in [1.82, 2.24) is 4.98 Å². The number of hydrogen-bond donors (Lipinski definition) is 1. The van der Waals surface area contributed by atoms with Crippen LogP contribution in [-0.2, 0) is 24.1 Å². The fourth-order valence-electron chi connectivity index (χ4n) is 2.57. The second-order valence-corrected chi connectivity index (χ2v) is 6.35. The largest absolute Gasteiger partial charge is 0.496 e. The van der Waals surface area contributed by atoms with Gasteiger partial charge in [0.2, 0.25) is 5.91 Å². The lowest BCUT2D eigenvalue weighted by molar-refractivity contribution is -0.115. The summed E-state index contributed by atoms with van der Waals surface area (Å²) in [5, 5.41) is 3.63. The van der Waals surface area contributed by atoms with Crippen LogP contribution in [-0.4, -0.2) is 18.0 Å². The number of methoxy groups -OCH3 is 1. The number of aromatic nitrogens is 1. The Bertz CT molecular complexity index is 657. The molecule has 21 heavy (non-hydrogen) atoms.